The molecule has 14 N–H and O–H groups in total. The molecule has 0 unspecified atom stereocenters. The van der Waals surface area contributed by atoms with Crippen LogP contribution in [0.2, 0.25) is 29.7 Å². The molecule has 5 aliphatic heterocycles. The van der Waals surface area contributed by atoms with Crippen molar-refractivity contribution in [2.45, 2.75) is 147 Å². The summed E-state index contributed by atoms with van der Waals surface area (Å²) < 4.78 is 30.7. The summed E-state index contributed by atoms with van der Waals surface area (Å²) in [5.41, 5.74) is 43.9. The lowest BCUT2D eigenvalue weighted by molar-refractivity contribution is -0.132. The smallest absolute Gasteiger partial charge is 0.410 e. The number of nitrogen functional groups attached to an aromatic ring is 3. The molecule has 0 radical (unpaired) electrons. The van der Waals surface area contributed by atoms with E-state index in [-0.39, 0.29) is 88.2 Å². The molecular formula is C89H100Br5Cl3N28O11Si. The summed E-state index contributed by atoms with van der Waals surface area (Å²) in [7, 11) is 0.251. The van der Waals surface area contributed by atoms with Crippen molar-refractivity contribution < 1.29 is 52.6 Å². The number of fused-ring (bicyclic) bond motifs is 2. The van der Waals surface area contributed by atoms with Crippen LogP contribution in [0.25, 0.3) is 31.8 Å². The molecule has 2 saturated carbocycles. The number of carbonyl (C=O) groups is 8. The van der Waals surface area contributed by atoms with Gasteiger partial charge in [-0.25, -0.2) is 43.3 Å². The van der Waals surface area contributed by atoms with Crippen LogP contribution >= 0.6 is 114 Å². The van der Waals surface area contributed by atoms with Crippen LogP contribution in [-0.4, -0.2) is 226 Å². The predicted molar refractivity (Wildman–Crippen MR) is 542 cm³/mol. The molecule has 3 aromatic carbocycles. The summed E-state index contributed by atoms with van der Waals surface area (Å²) in [5.74, 6) is 8.97. The Morgan fingerprint density at radius 2 is 0.927 bits per heavy atom. The normalized spacial score (nSPS) is 15.1. The highest BCUT2D eigenvalue weighted by atomic mass is 79.9. The molecule has 722 valence electrons. The number of amides is 7. The second-order valence-corrected chi connectivity index (χ2v) is 44.8. The number of imidazole rings is 2. The van der Waals surface area contributed by atoms with Crippen LogP contribution in [-0.2, 0) is 30.4 Å². The van der Waals surface area contributed by atoms with Crippen LogP contribution in [0.3, 0.4) is 0 Å². The van der Waals surface area contributed by atoms with Crippen LogP contribution in [0.4, 0.5) is 44.2 Å². The maximum absolute atomic E-state index is 12.2. The summed E-state index contributed by atoms with van der Waals surface area (Å²) in [5, 5.41) is 28.5. The van der Waals surface area contributed by atoms with Crippen LogP contribution in [0, 0.1) is 36.4 Å². The minimum atomic E-state index is -1.38. The van der Waals surface area contributed by atoms with E-state index in [4.69, 9.17) is 96.6 Å². The van der Waals surface area contributed by atoms with E-state index in [2.05, 4.69) is 207 Å². The minimum Gasteiger partial charge on any atom is -0.497 e. The molecule has 7 aromatic heterocycles. The largest absolute Gasteiger partial charge is 0.497 e. The van der Waals surface area contributed by atoms with E-state index in [9.17, 15) is 38.4 Å². The fourth-order valence-corrected chi connectivity index (χ4v) is 17.8. The van der Waals surface area contributed by atoms with Crippen molar-refractivity contribution in [3.05, 3.63) is 194 Å². The van der Waals surface area contributed by atoms with Gasteiger partial charge in [0.05, 0.1) is 95.2 Å². The van der Waals surface area contributed by atoms with Crippen LogP contribution in [0.15, 0.2) is 122 Å². The molecule has 5 saturated heterocycles. The summed E-state index contributed by atoms with van der Waals surface area (Å²) in [6, 6.07) is 16.6. The van der Waals surface area contributed by atoms with E-state index in [0.29, 0.717) is 128 Å². The third-order valence-electron chi connectivity index (χ3n) is 21.4. The molecule has 7 aliphatic rings. The van der Waals surface area contributed by atoms with Crippen molar-refractivity contribution in [3.63, 3.8) is 0 Å². The molecule has 39 nitrogen and oxygen atoms in total. The first-order valence-corrected chi connectivity index (χ1v) is 51.0. The van der Waals surface area contributed by atoms with Gasteiger partial charge in [-0.1, -0.05) is 86.6 Å². The topological polar surface area (TPSA) is 491 Å². The van der Waals surface area contributed by atoms with Gasteiger partial charge in [-0.3, -0.25) is 38.1 Å². The van der Waals surface area contributed by atoms with Crippen molar-refractivity contribution in [2.24, 2.45) is 17.2 Å². The number of aromatic nitrogens is 14. The number of nitrogens with two attached hydrogens (primary N) is 6. The van der Waals surface area contributed by atoms with Gasteiger partial charge in [-0.05, 0) is 225 Å². The zero-order valence-electron chi connectivity index (χ0n) is 76.2. The summed E-state index contributed by atoms with van der Waals surface area (Å²) in [4.78, 5) is 113. The number of hydrogen-bond donors (Lipinski definition) is 8. The van der Waals surface area contributed by atoms with Crippen LogP contribution in [0.1, 0.15) is 163 Å². The number of methoxy groups -OCH3 is 1. The number of benzene rings is 3. The van der Waals surface area contributed by atoms with Crippen LogP contribution < -0.4 is 49.8 Å². The van der Waals surface area contributed by atoms with E-state index in [0.717, 1.165) is 76.0 Å². The molecular weight excluding hydrogens is 2170 g/mol. The standard InChI is InChI=1S/C22H20ClN7O2.C20H24BrN5O3.C15H17ClN2Si.C12H14Br2N4O2.C10H12BrN5O2.C7H10BrN5O.C3H3ClO/c1-2-19(31)28-9-14(10-28)30-21(24)20(22(25)32)16(27-30)6-3-12-7-17-18(8-15(12)23)29(11-26-17)13-4-5-13;1-20(2,3)29-19(27)25-11-14(12-25)26-18(16(22-4)17(21)24-26)23-10-13-6-8-15(28-5)9-7-13;1-19(2,3)7-6-11-8-14-15(9-13(11)16)18(10-17-14)12-4-5-12;1-12(2,3)20-11(19)17-5-7(6-17)18-10(14)8(15-4)9(13)16-18;1-2-6(17)15-3-5(4-15)16-9(12)7(10(13)18)8(11)14-16;8-5-4(7(10)14)6(9)13(12-5)3-1-11-2-3;1-2-3(4)5/h2,7-8,11,13-14H,1,4-5,9-10,24H2,(H2,25,32);6-9,14,23H,10-12H2,1-3,5H3;8-10,12H,4-5H2,1-3H3;7H,5-6H2,1-3H3;2,5H,1,3-4,12H2,(H2,13,18);3,11H,1-2,9H2,(H2,10,14);2H,1H2. The third kappa shape index (κ3) is 26.1. The summed E-state index contributed by atoms with van der Waals surface area (Å²) >= 11 is 33.8. The van der Waals surface area contributed by atoms with Gasteiger partial charge >= 0.3 is 12.2 Å². The Morgan fingerprint density at radius 3 is 1.30 bits per heavy atom. The fraction of sp³-hybridized carbons (Fsp3) is 0.382. The number of anilines is 4. The molecule has 17 rings (SSSR count). The summed E-state index contributed by atoms with van der Waals surface area (Å²) in [6.07, 6.45) is 11.4. The average molecular weight is 2270 g/mol. The van der Waals surface area contributed by atoms with Gasteiger partial charge in [0.1, 0.15) is 88.0 Å². The minimum absolute atomic E-state index is 0.0207. The Hall–Kier alpha value is -12.0. The number of nitrogens with zero attached hydrogens (tertiary/aromatic N) is 20. The number of ether oxygens (including phenoxy) is 3. The molecule has 48 heteroatoms. The lowest BCUT2D eigenvalue weighted by Gasteiger charge is -2.40. The first-order valence-electron chi connectivity index (χ1n) is 42.4. The van der Waals surface area contributed by atoms with Crippen molar-refractivity contribution in [1.82, 2.24) is 92.9 Å². The fourth-order valence-electron chi connectivity index (χ4n) is 13.9. The Kier molecular flexibility index (Phi) is 34.3. The van der Waals surface area contributed by atoms with Crippen molar-refractivity contribution >= 4 is 226 Å². The van der Waals surface area contributed by atoms with Gasteiger partial charge in [0.2, 0.25) is 17.1 Å². The van der Waals surface area contributed by atoms with Gasteiger partial charge < -0.3 is 88.0 Å². The highest BCUT2D eigenvalue weighted by molar-refractivity contribution is 9.11. The van der Waals surface area contributed by atoms with E-state index in [1.807, 2.05) is 103 Å². The molecule has 7 fully saturated rings. The zero-order valence-corrected chi connectivity index (χ0v) is 87.4. The van der Waals surface area contributed by atoms with Gasteiger partial charge in [-0.15, -0.1) is 5.54 Å². The number of halogens is 8. The summed E-state index contributed by atoms with van der Waals surface area (Å²) in [6.45, 7) is 48.3. The van der Waals surface area contributed by atoms with E-state index < -0.39 is 42.2 Å². The van der Waals surface area contributed by atoms with Crippen molar-refractivity contribution in [2.75, 3.05) is 95.1 Å². The Morgan fingerprint density at radius 1 is 0.540 bits per heavy atom. The van der Waals surface area contributed by atoms with Gasteiger partial charge in [0.25, 0.3) is 29.1 Å². The Labute approximate surface area is 847 Å². The van der Waals surface area contributed by atoms with Gasteiger partial charge in [0, 0.05) is 95.2 Å². The number of hydrogen-bond acceptors (Lipinski definition) is 23. The lowest BCUT2D eigenvalue weighted by Crippen LogP contribution is -2.52. The number of primary amides is 3. The zero-order chi connectivity index (χ0) is 100. The second kappa shape index (κ2) is 44.6. The predicted octanol–water partition coefficient (Wildman–Crippen LogP) is 14.8. The quantitative estimate of drug-likeness (QED) is 0.0138. The molecule has 2 aliphatic carbocycles. The number of carbonyl (C=O) groups excluding carboxylic acids is 8. The first-order chi connectivity index (χ1) is 64.6. The number of rotatable bonds is 17. The number of likely N-dealkylation sites (tertiary alicyclic amines) is 4. The third-order valence-corrected chi connectivity index (χ3v) is 26.0. The Balaban J connectivity index is 0.000000159. The molecule has 10 aromatic rings. The van der Waals surface area contributed by atoms with E-state index in [1.165, 1.54) is 34.4 Å². The van der Waals surface area contributed by atoms with E-state index >= 15 is 0 Å². The molecule has 137 heavy (non-hydrogen) atoms. The van der Waals surface area contributed by atoms with E-state index in [1.54, 1.807) is 40.8 Å². The molecule has 7 amide bonds. The number of nitrogens with one attached hydrogen (secondary N) is 2. The van der Waals surface area contributed by atoms with Gasteiger partial charge in [0.15, 0.2) is 5.69 Å². The monoisotopic (exact) mass is 2260 g/mol. The van der Waals surface area contributed by atoms with Crippen molar-refractivity contribution in [1.29, 1.82) is 0 Å². The molecule has 12 heterocycles. The SMILES string of the molecule is C=CC(=O)Cl.C=CC(=O)N1CC(n2nc(Br)c(C(N)=O)c2N)C1.C=CC(=O)N1CC(n2nc(C#Cc3cc4ncn(C5CC5)c4cc3Cl)c(C(N)=O)c2N)C1.C[Si](C)(C)C#Cc1cc2ncn(C3CC3)c2cc1Cl.NC(=O)c1c(Br)nn(C2CNC2)c1N.[C-]#[N+]c1c(Br)nn(C2CN(C(=O)OC(C)(C)C)C2)c1Br.[C-]#[N+]c1c(Br)nn(C2CN(C(=O)OC(C)(C)C)C2)c1NCc1ccc(OC)cc1. The van der Waals surface area contributed by atoms with Crippen molar-refractivity contribution in [3.8, 4) is 29.1 Å². The number of allylic oxidation sites excluding steroid dienone is 1. The maximum Gasteiger partial charge on any atom is 0.410 e. The maximum atomic E-state index is 12.2. The first kappa shape index (κ1) is 105. The second-order valence-electron chi connectivity index (χ2n) is 35.1. The average Bonchev–Trinajstić information content (AvgIpc) is 1.49. The highest BCUT2D eigenvalue weighted by Gasteiger charge is 2.41. The van der Waals surface area contributed by atoms with Crippen LogP contribution in [0.5, 0.6) is 5.75 Å². The molecule has 0 spiro atoms. The lowest BCUT2D eigenvalue weighted by atomic mass is 10.1. The Bertz CT molecular complexity index is 6570. The molecule has 0 atom stereocenters. The highest BCUT2D eigenvalue weighted by Crippen LogP contribution is 2.43. The van der Waals surface area contributed by atoms with Gasteiger partial charge in [-0.2, -0.15) is 25.5 Å². The molecule has 0 bridgehead atoms.